The van der Waals surface area contributed by atoms with E-state index in [0.717, 1.165) is 67.6 Å². The van der Waals surface area contributed by atoms with E-state index in [1.165, 1.54) is 6.21 Å². The summed E-state index contributed by atoms with van der Waals surface area (Å²) in [6.07, 6.45) is 8.71. The Labute approximate surface area is 172 Å². The highest BCUT2D eigenvalue weighted by Crippen LogP contribution is 2.34. The van der Waals surface area contributed by atoms with Crippen LogP contribution in [0.4, 0.5) is 0 Å². The van der Waals surface area contributed by atoms with Crippen LogP contribution in [-0.4, -0.2) is 65.1 Å². The number of likely N-dealkylation sites (tertiary alicyclic amines) is 2. The molecule has 0 saturated carbocycles. The summed E-state index contributed by atoms with van der Waals surface area (Å²) in [7, 11) is 2.16. The summed E-state index contributed by atoms with van der Waals surface area (Å²) in [6.45, 7) is 6.04. The first-order valence-electron chi connectivity index (χ1n) is 10.8. The van der Waals surface area contributed by atoms with Gasteiger partial charge in [-0.2, -0.15) is 0 Å². The van der Waals surface area contributed by atoms with Crippen molar-refractivity contribution in [2.45, 2.75) is 38.5 Å². The molecule has 2 atom stereocenters. The second-order valence-corrected chi connectivity index (χ2v) is 8.93. The number of hydrogen-bond donors (Lipinski definition) is 1. The average Bonchev–Trinajstić information content (AvgIpc) is 2.74. The molecule has 2 saturated heterocycles. The first kappa shape index (κ1) is 20.0. The molecule has 0 spiro atoms. The molecule has 0 aliphatic carbocycles. The molecule has 154 valence electrons. The van der Waals surface area contributed by atoms with Crippen molar-refractivity contribution in [3.05, 3.63) is 35.7 Å². The molecule has 1 amide bonds. The van der Waals surface area contributed by atoms with Gasteiger partial charge in [-0.05, 0) is 56.8 Å². The summed E-state index contributed by atoms with van der Waals surface area (Å²) in [5.74, 6) is 1.55. The molecule has 2 aromatic rings. The molecule has 1 aromatic carbocycles. The summed E-state index contributed by atoms with van der Waals surface area (Å²) in [5.41, 5.74) is 3.59. The topological polar surface area (TPSA) is 73.2 Å². The quantitative estimate of drug-likeness (QED) is 0.809. The van der Waals surface area contributed by atoms with Gasteiger partial charge < -0.3 is 15.2 Å². The van der Waals surface area contributed by atoms with Crippen molar-refractivity contribution in [1.29, 1.82) is 5.41 Å². The molecule has 2 aliphatic rings. The summed E-state index contributed by atoms with van der Waals surface area (Å²) in [5, 5.41) is 7.65. The minimum Gasteiger partial charge on any atom is -0.342 e. The van der Waals surface area contributed by atoms with Crippen molar-refractivity contribution < 1.29 is 4.79 Å². The normalized spacial score (nSPS) is 24.0. The van der Waals surface area contributed by atoms with Gasteiger partial charge in [0, 0.05) is 49.6 Å². The van der Waals surface area contributed by atoms with Crippen molar-refractivity contribution >= 4 is 23.2 Å². The van der Waals surface area contributed by atoms with E-state index in [0.29, 0.717) is 24.2 Å². The van der Waals surface area contributed by atoms with Crippen LogP contribution in [0.15, 0.2) is 24.5 Å². The van der Waals surface area contributed by atoms with Crippen molar-refractivity contribution in [3.63, 3.8) is 0 Å². The van der Waals surface area contributed by atoms with Gasteiger partial charge in [0.25, 0.3) is 0 Å². The SMILES string of the molecule is C[C@H]1C[C@@H](c2ccc(C=N)c3nccnc23)CN(C(=O)CC2CCN(C)CC2)C1. The highest BCUT2D eigenvalue weighted by molar-refractivity contribution is 5.96. The second-order valence-electron chi connectivity index (χ2n) is 8.93. The van der Waals surface area contributed by atoms with Crippen LogP contribution in [0.2, 0.25) is 0 Å². The third-order valence-corrected chi connectivity index (χ3v) is 6.60. The monoisotopic (exact) mass is 393 g/mol. The zero-order valence-electron chi connectivity index (χ0n) is 17.5. The summed E-state index contributed by atoms with van der Waals surface area (Å²) in [4.78, 5) is 26.6. The minimum absolute atomic E-state index is 0.263. The third-order valence-electron chi connectivity index (χ3n) is 6.60. The van der Waals surface area contributed by atoms with Gasteiger partial charge in [0.1, 0.15) is 0 Å². The molecule has 29 heavy (non-hydrogen) atoms. The molecule has 0 unspecified atom stereocenters. The molecule has 0 bridgehead atoms. The smallest absolute Gasteiger partial charge is 0.222 e. The molecule has 3 heterocycles. The van der Waals surface area contributed by atoms with E-state index in [4.69, 9.17) is 5.41 Å². The number of carbonyl (C=O) groups is 1. The molecule has 2 fully saturated rings. The maximum Gasteiger partial charge on any atom is 0.222 e. The van der Waals surface area contributed by atoms with Crippen LogP contribution >= 0.6 is 0 Å². The van der Waals surface area contributed by atoms with Crippen molar-refractivity contribution in [3.8, 4) is 0 Å². The van der Waals surface area contributed by atoms with Crippen LogP contribution in [0.25, 0.3) is 11.0 Å². The van der Waals surface area contributed by atoms with Gasteiger partial charge in [-0.1, -0.05) is 19.1 Å². The number of fused-ring (bicyclic) bond motifs is 1. The number of amides is 1. The first-order valence-corrected chi connectivity index (χ1v) is 10.8. The van der Waals surface area contributed by atoms with Crippen LogP contribution in [-0.2, 0) is 4.79 Å². The van der Waals surface area contributed by atoms with Crippen LogP contribution in [0.1, 0.15) is 49.7 Å². The van der Waals surface area contributed by atoms with Gasteiger partial charge in [0.15, 0.2) is 0 Å². The highest BCUT2D eigenvalue weighted by Gasteiger charge is 2.31. The lowest BCUT2D eigenvalue weighted by molar-refractivity contribution is -0.134. The molecule has 1 N–H and O–H groups in total. The van der Waals surface area contributed by atoms with E-state index in [1.54, 1.807) is 12.4 Å². The summed E-state index contributed by atoms with van der Waals surface area (Å²) in [6, 6.07) is 4.04. The largest absolute Gasteiger partial charge is 0.342 e. The van der Waals surface area contributed by atoms with Gasteiger partial charge in [-0.25, -0.2) is 0 Å². The van der Waals surface area contributed by atoms with Gasteiger partial charge >= 0.3 is 0 Å². The first-order chi connectivity index (χ1) is 14.0. The predicted octanol–water partition coefficient (Wildman–Crippen LogP) is 3.31. The fourth-order valence-corrected chi connectivity index (χ4v) is 4.97. The van der Waals surface area contributed by atoms with E-state index in [9.17, 15) is 4.79 Å². The number of nitrogens with zero attached hydrogens (tertiary/aromatic N) is 4. The molecule has 2 aliphatic heterocycles. The van der Waals surface area contributed by atoms with Crippen molar-refractivity contribution in [2.75, 3.05) is 33.2 Å². The van der Waals surface area contributed by atoms with Crippen LogP contribution in [0.3, 0.4) is 0 Å². The number of hydrogen-bond acceptors (Lipinski definition) is 5. The van der Waals surface area contributed by atoms with E-state index in [2.05, 4.69) is 39.8 Å². The highest BCUT2D eigenvalue weighted by atomic mass is 16.2. The molecule has 0 radical (unpaired) electrons. The Bertz CT molecular complexity index is 890. The predicted molar refractivity (Wildman–Crippen MR) is 115 cm³/mol. The van der Waals surface area contributed by atoms with Crippen LogP contribution < -0.4 is 0 Å². The molecular weight excluding hydrogens is 362 g/mol. The summed E-state index contributed by atoms with van der Waals surface area (Å²) >= 11 is 0. The standard InChI is InChI=1S/C23H31N5O/c1-16-11-19(20-4-3-18(13-24)22-23(20)26-8-7-25-22)15-28(14-16)21(29)12-17-5-9-27(2)10-6-17/h3-4,7-8,13,16-17,19,24H,5-6,9-12,14-15H2,1-2H3/t16-,19+/m0/s1. The Hall–Kier alpha value is -2.34. The fraction of sp³-hybridized carbons (Fsp3) is 0.565. The summed E-state index contributed by atoms with van der Waals surface area (Å²) < 4.78 is 0. The number of benzene rings is 1. The lowest BCUT2D eigenvalue weighted by Gasteiger charge is -2.38. The van der Waals surface area contributed by atoms with E-state index in [1.807, 2.05) is 6.07 Å². The maximum absolute atomic E-state index is 13.1. The average molecular weight is 394 g/mol. The van der Waals surface area contributed by atoms with Crippen molar-refractivity contribution in [1.82, 2.24) is 19.8 Å². The number of nitrogens with one attached hydrogen (secondary N) is 1. The van der Waals surface area contributed by atoms with Crippen LogP contribution in [0.5, 0.6) is 0 Å². The Morgan fingerprint density at radius 2 is 1.90 bits per heavy atom. The second kappa shape index (κ2) is 8.57. The lowest BCUT2D eigenvalue weighted by atomic mass is 9.83. The lowest BCUT2D eigenvalue weighted by Crippen LogP contribution is -2.43. The third kappa shape index (κ3) is 4.32. The number of aromatic nitrogens is 2. The Morgan fingerprint density at radius 1 is 1.17 bits per heavy atom. The zero-order chi connectivity index (χ0) is 20.4. The molecule has 1 aromatic heterocycles. The fourth-order valence-electron chi connectivity index (χ4n) is 4.97. The minimum atomic E-state index is 0.263. The number of carbonyl (C=O) groups excluding carboxylic acids is 1. The van der Waals surface area contributed by atoms with Crippen molar-refractivity contribution in [2.24, 2.45) is 11.8 Å². The number of rotatable bonds is 4. The molecule has 6 nitrogen and oxygen atoms in total. The molecular formula is C23H31N5O. The number of piperidine rings is 2. The van der Waals surface area contributed by atoms with Gasteiger partial charge in [0.05, 0.1) is 11.0 Å². The zero-order valence-corrected chi connectivity index (χ0v) is 17.5. The van der Waals surface area contributed by atoms with E-state index < -0.39 is 0 Å². The Balaban J connectivity index is 1.53. The van der Waals surface area contributed by atoms with Gasteiger partial charge in [-0.15, -0.1) is 0 Å². The Kier molecular flexibility index (Phi) is 5.90. The molecule has 4 rings (SSSR count). The maximum atomic E-state index is 13.1. The van der Waals surface area contributed by atoms with Gasteiger partial charge in [-0.3, -0.25) is 14.8 Å². The van der Waals surface area contributed by atoms with Crippen LogP contribution in [0, 0.1) is 17.2 Å². The van der Waals surface area contributed by atoms with E-state index in [-0.39, 0.29) is 5.92 Å². The molecule has 6 heteroatoms. The Morgan fingerprint density at radius 3 is 2.62 bits per heavy atom. The van der Waals surface area contributed by atoms with E-state index >= 15 is 0 Å². The van der Waals surface area contributed by atoms with Gasteiger partial charge in [0.2, 0.25) is 5.91 Å².